The quantitative estimate of drug-likeness (QED) is 0.812. The van der Waals surface area contributed by atoms with Gasteiger partial charge in [0.05, 0.1) is 5.25 Å². The lowest BCUT2D eigenvalue weighted by Gasteiger charge is -2.33. The summed E-state index contributed by atoms with van der Waals surface area (Å²) < 4.78 is 36.5. The second-order valence-electron chi connectivity index (χ2n) is 7.18. The standard InChI is InChI=1S/C17H22N2O5S/c1-17(2,3)24-16(20)19-10-6-7-12(11-19)25(21,22)15-18-13-8-4-5-9-14(13)23-15/h4-5,8-9,12H,6-7,10-11H2,1-3H3/t12-/m1/s1. The summed E-state index contributed by atoms with van der Waals surface area (Å²) >= 11 is 0. The second kappa shape index (κ2) is 6.33. The summed E-state index contributed by atoms with van der Waals surface area (Å²) in [4.78, 5) is 17.8. The first-order valence-electron chi connectivity index (χ1n) is 8.24. The van der Waals surface area contributed by atoms with E-state index in [4.69, 9.17) is 9.15 Å². The molecule has 136 valence electrons. The van der Waals surface area contributed by atoms with E-state index < -0.39 is 26.8 Å². The Balaban J connectivity index is 1.81. The minimum atomic E-state index is -3.76. The highest BCUT2D eigenvalue weighted by atomic mass is 32.2. The topological polar surface area (TPSA) is 89.7 Å². The number of para-hydroxylation sites is 2. The lowest BCUT2D eigenvalue weighted by atomic mass is 10.1. The van der Waals surface area contributed by atoms with E-state index in [1.54, 1.807) is 45.0 Å². The van der Waals surface area contributed by atoms with Gasteiger partial charge in [0.15, 0.2) is 5.58 Å². The van der Waals surface area contributed by atoms with Crippen LogP contribution in [-0.4, -0.2) is 48.3 Å². The molecule has 1 aromatic heterocycles. The van der Waals surface area contributed by atoms with Crippen molar-refractivity contribution in [2.45, 2.75) is 49.7 Å². The number of ether oxygens (including phenoxy) is 1. The number of sulfone groups is 1. The van der Waals surface area contributed by atoms with Crippen molar-refractivity contribution in [3.05, 3.63) is 24.3 Å². The first-order valence-corrected chi connectivity index (χ1v) is 9.79. The summed E-state index contributed by atoms with van der Waals surface area (Å²) in [7, 11) is -3.76. The van der Waals surface area contributed by atoms with Gasteiger partial charge in [-0.15, -0.1) is 0 Å². The molecular formula is C17H22N2O5S. The lowest BCUT2D eigenvalue weighted by molar-refractivity contribution is 0.0218. The highest BCUT2D eigenvalue weighted by molar-refractivity contribution is 7.91. The summed E-state index contributed by atoms with van der Waals surface area (Å²) in [6.07, 6.45) is 0.550. The Bertz CT molecular complexity index is 849. The molecule has 0 N–H and O–H groups in total. The highest BCUT2D eigenvalue weighted by Gasteiger charge is 2.38. The van der Waals surface area contributed by atoms with Gasteiger partial charge >= 0.3 is 11.3 Å². The maximum atomic E-state index is 12.9. The molecule has 1 amide bonds. The van der Waals surface area contributed by atoms with Crippen LogP contribution in [0.1, 0.15) is 33.6 Å². The predicted octanol–water partition coefficient (Wildman–Crippen LogP) is 3.00. The predicted molar refractivity (Wildman–Crippen MR) is 92.0 cm³/mol. The molecule has 1 aromatic carbocycles. The van der Waals surface area contributed by atoms with Gasteiger partial charge in [0, 0.05) is 13.1 Å². The molecule has 3 rings (SSSR count). The lowest BCUT2D eigenvalue weighted by Crippen LogP contribution is -2.47. The summed E-state index contributed by atoms with van der Waals surface area (Å²) in [6.45, 7) is 5.90. The smallest absolute Gasteiger partial charge is 0.410 e. The van der Waals surface area contributed by atoms with Crippen LogP contribution in [0, 0.1) is 0 Å². The van der Waals surface area contributed by atoms with Gasteiger partial charge < -0.3 is 14.1 Å². The maximum Gasteiger partial charge on any atom is 0.410 e. The maximum absolute atomic E-state index is 12.9. The third kappa shape index (κ3) is 3.78. The third-order valence-electron chi connectivity index (χ3n) is 3.99. The van der Waals surface area contributed by atoms with E-state index in [1.165, 1.54) is 4.90 Å². The van der Waals surface area contributed by atoms with E-state index in [1.807, 2.05) is 0 Å². The molecule has 1 aliphatic heterocycles. The number of carbonyl (C=O) groups excluding carboxylic acids is 1. The molecule has 0 saturated carbocycles. The molecular weight excluding hydrogens is 344 g/mol. The minimum Gasteiger partial charge on any atom is -0.444 e. The van der Waals surface area contributed by atoms with Crippen molar-refractivity contribution < 1.29 is 22.4 Å². The molecule has 0 bridgehead atoms. The average molecular weight is 366 g/mol. The van der Waals surface area contributed by atoms with Gasteiger partial charge in [0.25, 0.3) is 0 Å². The summed E-state index contributed by atoms with van der Waals surface area (Å²) in [5.41, 5.74) is 0.310. The van der Waals surface area contributed by atoms with E-state index in [-0.39, 0.29) is 11.8 Å². The monoisotopic (exact) mass is 366 g/mol. The molecule has 25 heavy (non-hydrogen) atoms. The number of likely N-dealkylation sites (tertiary alicyclic amines) is 1. The van der Waals surface area contributed by atoms with Gasteiger partial charge in [0.2, 0.25) is 9.84 Å². The Morgan fingerprint density at radius 1 is 1.32 bits per heavy atom. The molecule has 8 heteroatoms. The molecule has 1 aliphatic rings. The number of aromatic nitrogens is 1. The molecule has 7 nitrogen and oxygen atoms in total. The van der Waals surface area contributed by atoms with Crippen molar-refractivity contribution in [3.8, 4) is 0 Å². The van der Waals surface area contributed by atoms with Crippen LogP contribution in [0.15, 0.2) is 33.9 Å². The van der Waals surface area contributed by atoms with Crippen molar-refractivity contribution in [1.82, 2.24) is 9.88 Å². The van der Waals surface area contributed by atoms with Crippen LogP contribution in [0.25, 0.3) is 11.1 Å². The SMILES string of the molecule is CC(C)(C)OC(=O)N1CCC[C@@H](S(=O)(=O)c2nc3ccccc3o2)C1. The number of rotatable bonds is 2. The molecule has 0 radical (unpaired) electrons. The Labute approximate surface area is 146 Å². The van der Waals surface area contributed by atoms with Crippen LogP contribution in [0.3, 0.4) is 0 Å². The van der Waals surface area contributed by atoms with Crippen LogP contribution < -0.4 is 0 Å². The largest absolute Gasteiger partial charge is 0.444 e. The van der Waals surface area contributed by atoms with Gasteiger partial charge in [0.1, 0.15) is 11.1 Å². The van der Waals surface area contributed by atoms with E-state index in [9.17, 15) is 13.2 Å². The molecule has 1 atom stereocenters. The van der Waals surface area contributed by atoms with Crippen LogP contribution in [-0.2, 0) is 14.6 Å². The molecule has 0 unspecified atom stereocenters. The highest BCUT2D eigenvalue weighted by Crippen LogP contribution is 2.27. The molecule has 0 spiro atoms. The number of benzene rings is 1. The molecule has 0 aliphatic carbocycles. The van der Waals surface area contributed by atoms with E-state index in [0.29, 0.717) is 30.5 Å². The number of carbonyl (C=O) groups is 1. The first-order chi connectivity index (χ1) is 11.7. The number of nitrogens with zero attached hydrogens (tertiary/aromatic N) is 2. The van der Waals surface area contributed by atoms with Gasteiger partial charge in [-0.25, -0.2) is 13.2 Å². The van der Waals surface area contributed by atoms with Gasteiger partial charge in [-0.1, -0.05) is 12.1 Å². The van der Waals surface area contributed by atoms with Crippen LogP contribution in [0.4, 0.5) is 4.79 Å². The molecule has 1 saturated heterocycles. The molecule has 1 fully saturated rings. The minimum absolute atomic E-state index is 0.0793. The van der Waals surface area contributed by atoms with Crippen LogP contribution in [0.2, 0.25) is 0 Å². The van der Waals surface area contributed by atoms with Crippen molar-refractivity contribution in [2.24, 2.45) is 0 Å². The van der Waals surface area contributed by atoms with Crippen molar-refractivity contribution in [3.63, 3.8) is 0 Å². The summed E-state index contributed by atoms with van der Waals surface area (Å²) in [5.74, 6) is 0. The zero-order chi connectivity index (χ0) is 18.2. The van der Waals surface area contributed by atoms with Crippen LogP contribution >= 0.6 is 0 Å². The number of hydrogen-bond acceptors (Lipinski definition) is 6. The van der Waals surface area contributed by atoms with Crippen molar-refractivity contribution >= 4 is 27.0 Å². The van der Waals surface area contributed by atoms with Gasteiger partial charge in [-0.3, -0.25) is 0 Å². The number of fused-ring (bicyclic) bond motifs is 1. The molecule has 2 heterocycles. The first kappa shape index (κ1) is 17.7. The zero-order valence-electron chi connectivity index (χ0n) is 14.6. The van der Waals surface area contributed by atoms with E-state index >= 15 is 0 Å². The Kier molecular flexibility index (Phi) is 4.49. The Hall–Kier alpha value is -2.09. The number of oxazole rings is 1. The average Bonchev–Trinajstić information content (AvgIpc) is 2.98. The van der Waals surface area contributed by atoms with Gasteiger partial charge in [-0.05, 0) is 45.7 Å². The fourth-order valence-electron chi connectivity index (χ4n) is 2.80. The van der Waals surface area contributed by atoms with E-state index in [2.05, 4.69) is 4.98 Å². The Morgan fingerprint density at radius 2 is 2.04 bits per heavy atom. The van der Waals surface area contributed by atoms with E-state index in [0.717, 1.165) is 0 Å². The van der Waals surface area contributed by atoms with Crippen molar-refractivity contribution in [1.29, 1.82) is 0 Å². The second-order valence-corrected chi connectivity index (χ2v) is 9.29. The number of amides is 1. The molecule has 2 aromatic rings. The van der Waals surface area contributed by atoms with Crippen LogP contribution in [0.5, 0.6) is 0 Å². The van der Waals surface area contributed by atoms with Crippen molar-refractivity contribution in [2.75, 3.05) is 13.1 Å². The fraction of sp³-hybridized carbons (Fsp3) is 0.529. The summed E-state index contributed by atoms with van der Waals surface area (Å²) in [5, 5.41) is -1.04. The third-order valence-corrected chi connectivity index (χ3v) is 5.91. The number of piperidine rings is 1. The Morgan fingerprint density at radius 3 is 2.72 bits per heavy atom. The normalized spacial score (nSPS) is 19.2. The zero-order valence-corrected chi connectivity index (χ0v) is 15.4. The number of hydrogen-bond donors (Lipinski definition) is 0. The fourth-order valence-corrected chi connectivity index (χ4v) is 4.37. The summed E-state index contributed by atoms with van der Waals surface area (Å²) in [6, 6.07) is 6.90. The van der Waals surface area contributed by atoms with Gasteiger partial charge in [-0.2, -0.15) is 4.98 Å².